The normalized spacial score (nSPS) is 10.9. The molecule has 4 N–H and O–H groups in total. The van der Waals surface area contributed by atoms with Crippen LogP contribution in [0.15, 0.2) is 24.3 Å². The summed E-state index contributed by atoms with van der Waals surface area (Å²) in [5, 5.41) is 0.722. The highest BCUT2D eigenvalue weighted by molar-refractivity contribution is 5.21. The predicted octanol–water partition coefficient (Wildman–Crippen LogP) is 1.12. The second kappa shape index (κ2) is 5.72. The molecule has 0 bridgehead atoms. The third kappa shape index (κ3) is 3.85. The Labute approximate surface area is 84.3 Å². The van der Waals surface area contributed by atoms with Crippen molar-refractivity contribution in [2.75, 3.05) is 0 Å². The van der Waals surface area contributed by atoms with Crippen LogP contribution in [0.4, 0.5) is 0 Å². The van der Waals surface area contributed by atoms with E-state index in [9.17, 15) is 0 Å². The van der Waals surface area contributed by atoms with Gasteiger partial charge in [0.05, 0.1) is 6.61 Å². The van der Waals surface area contributed by atoms with Crippen molar-refractivity contribution in [2.24, 2.45) is 11.7 Å². The molecule has 14 heavy (non-hydrogen) atoms. The molecule has 0 aromatic heterocycles. The van der Waals surface area contributed by atoms with Crippen LogP contribution in [-0.2, 0) is 17.9 Å². The Bertz CT molecular complexity index is 259. The van der Waals surface area contributed by atoms with E-state index in [1.807, 2.05) is 12.1 Å². The Morgan fingerprint density at radius 3 is 2.21 bits per heavy atom. The molecule has 4 nitrogen and oxygen atoms in total. The van der Waals surface area contributed by atoms with E-state index in [1.165, 1.54) is 5.56 Å². The number of hydrogen-bond acceptors (Lipinski definition) is 4. The van der Waals surface area contributed by atoms with Crippen molar-refractivity contribution in [3.05, 3.63) is 35.4 Å². The molecular formula is C10H17N3O. The third-order valence-corrected chi connectivity index (χ3v) is 1.94. The van der Waals surface area contributed by atoms with Crippen molar-refractivity contribution in [1.29, 1.82) is 0 Å². The Kier molecular flexibility index (Phi) is 4.55. The van der Waals surface area contributed by atoms with Crippen LogP contribution in [0.2, 0.25) is 0 Å². The van der Waals surface area contributed by atoms with E-state index in [2.05, 4.69) is 19.1 Å². The summed E-state index contributed by atoms with van der Waals surface area (Å²) in [5.41, 5.74) is 2.40. The minimum Gasteiger partial charge on any atom is -0.265 e. The summed E-state index contributed by atoms with van der Waals surface area (Å²) in [7, 11) is 0. The van der Waals surface area contributed by atoms with E-state index < -0.39 is 0 Å². The van der Waals surface area contributed by atoms with E-state index in [0.717, 1.165) is 23.7 Å². The molecule has 0 unspecified atom stereocenters. The fourth-order valence-electron chi connectivity index (χ4n) is 1.24. The van der Waals surface area contributed by atoms with Gasteiger partial charge in [0.2, 0.25) is 0 Å². The molecule has 0 saturated heterocycles. The zero-order valence-corrected chi connectivity index (χ0v) is 8.44. The molecule has 0 aliphatic heterocycles. The van der Waals surface area contributed by atoms with Crippen LogP contribution in [0, 0.1) is 0 Å². The second-order valence-electron chi connectivity index (χ2n) is 3.20. The highest BCUT2D eigenvalue weighted by Gasteiger charge is 1.96. The maximum Gasteiger partial charge on any atom is 0.0967 e. The van der Waals surface area contributed by atoms with Gasteiger partial charge in [-0.05, 0) is 17.5 Å². The van der Waals surface area contributed by atoms with Gasteiger partial charge in [0.15, 0.2) is 0 Å². The van der Waals surface area contributed by atoms with Crippen molar-refractivity contribution in [1.82, 2.24) is 5.28 Å². The first kappa shape index (κ1) is 11.1. The van der Waals surface area contributed by atoms with Gasteiger partial charge >= 0.3 is 0 Å². The largest absolute Gasteiger partial charge is 0.265 e. The van der Waals surface area contributed by atoms with Crippen molar-refractivity contribution < 1.29 is 4.84 Å². The average molecular weight is 195 g/mol. The van der Waals surface area contributed by atoms with Crippen LogP contribution >= 0.6 is 0 Å². The molecule has 1 aromatic carbocycles. The summed E-state index contributed by atoms with van der Waals surface area (Å²) in [4.78, 5) is 4.92. The monoisotopic (exact) mass is 195 g/mol. The highest BCUT2D eigenvalue weighted by atomic mass is 16.7. The number of nitrogens with two attached hydrogens (primary N) is 2. The summed E-state index contributed by atoms with van der Waals surface area (Å²) in [6, 6.07) is 8.24. The minimum absolute atomic E-state index is 0.402. The lowest BCUT2D eigenvalue weighted by molar-refractivity contribution is -0.175. The highest BCUT2D eigenvalue weighted by Crippen LogP contribution is 2.07. The summed E-state index contributed by atoms with van der Waals surface area (Å²) in [5.74, 6) is 10.2. The van der Waals surface area contributed by atoms with Crippen molar-refractivity contribution >= 4 is 0 Å². The molecule has 0 spiro atoms. The lowest BCUT2D eigenvalue weighted by Gasteiger charge is -2.09. The second-order valence-corrected chi connectivity index (χ2v) is 3.20. The first-order valence-electron chi connectivity index (χ1n) is 4.72. The molecule has 0 atom stereocenters. The van der Waals surface area contributed by atoms with E-state index in [4.69, 9.17) is 16.5 Å². The zero-order chi connectivity index (χ0) is 10.4. The Hall–Kier alpha value is -0.940. The maximum atomic E-state index is 5.11. The SMILES string of the molecule is CCCc1ccc(CON(N)N)cc1. The lowest BCUT2D eigenvalue weighted by Crippen LogP contribution is -2.37. The summed E-state index contributed by atoms with van der Waals surface area (Å²) in [6.45, 7) is 2.57. The lowest BCUT2D eigenvalue weighted by atomic mass is 10.1. The number of hydrogen-bond donors (Lipinski definition) is 2. The van der Waals surface area contributed by atoms with Gasteiger partial charge in [-0.2, -0.15) is 0 Å². The van der Waals surface area contributed by atoms with Crippen LogP contribution in [0.3, 0.4) is 0 Å². The molecule has 0 amide bonds. The third-order valence-electron chi connectivity index (χ3n) is 1.94. The number of benzene rings is 1. The fraction of sp³-hybridized carbons (Fsp3) is 0.400. The first-order chi connectivity index (χ1) is 6.72. The van der Waals surface area contributed by atoms with Gasteiger partial charge in [0, 0.05) is 0 Å². The molecule has 1 aromatic rings. The van der Waals surface area contributed by atoms with Crippen LogP contribution in [0.5, 0.6) is 0 Å². The molecule has 0 saturated carbocycles. The molecule has 1 rings (SSSR count). The van der Waals surface area contributed by atoms with Gasteiger partial charge in [-0.3, -0.25) is 4.84 Å². The summed E-state index contributed by atoms with van der Waals surface area (Å²) in [6.07, 6.45) is 2.27. The van der Waals surface area contributed by atoms with Crippen LogP contribution < -0.4 is 11.7 Å². The minimum atomic E-state index is 0.402. The molecule has 0 aliphatic carbocycles. The number of rotatable bonds is 5. The Balaban J connectivity index is 2.46. The smallest absolute Gasteiger partial charge is 0.0967 e. The van der Waals surface area contributed by atoms with Crippen molar-refractivity contribution in [3.8, 4) is 0 Å². The van der Waals surface area contributed by atoms with Crippen LogP contribution in [-0.4, -0.2) is 5.28 Å². The molecule has 0 fully saturated rings. The molecule has 4 heteroatoms. The van der Waals surface area contributed by atoms with Crippen molar-refractivity contribution in [3.63, 3.8) is 0 Å². The zero-order valence-electron chi connectivity index (χ0n) is 8.44. The molecular weight excluding hydrogens is 178 g/mol. The summed E-state index contributed by atoms with van der Waals surface area (Å²) < 4.78 is 0. The van der Waals surface area contributed by atoms with Gasteiger partial charge in [-0.15, -0.1) is 0 Å². The fourth-order valence-corrected chi connectivity index (χ4v) is 1.24. The number of hydrazine groups is 2. The van der Waals surface area contributed by atoms with Gasteiger partial charge in [0.1, 0.15) is 0 Å². The van der Waals surface area contributed by atoms with Gasteiger partial charge in [-0.1, -0.05) is 42.9 Å². The predicted molar refractivity (Wildman–Crippen MR) is 55.4 cm³/mol. The van der Waals surface area contributed by atoms with Crippen molar-refractivity contribution in [2.45, 2.75) is 26.4 Å². The van der Waals surface area contributed by atoms with Gasteiger partial charge < -0.3 is 0 Å². The van der Waals surface area contributed by atoms with E-state index in [0.29, 0.717) is 6.61 Å². The molecule has 0 heterocycles. The van der Waals surface area contributed by atoms with E-state index >= 15 is 0 Å². The standard InChI is InChI=1S/C10H17N3O/c1-2-3-9-4-6-10(7-5-9)8-14-13(11)12/h4-7H,2-3,8,11-12H2,1H3. The average Bonchev–Trinajstić information content (AvgIpc) is 2.17. The molecule has 0 radical (unpaired) electrons. The molecule has 0 aliphatic rings. The van der Waals surface area contributed by atoms with Gasteiger partial charge in [0.25, 0.3) is 0 Å². The first-order valence-corrected chi connectivity index (χ1v) is 4.72. The Morgan fingerprint density at radius 2 is 1.71 bits per heavy atom. The van der Waals surface area contributed by atoms with Gasteiger partial charge in [-0.25, -0.2) is 11.7 Å². The van der Waals surface area contributed by atoms with Crippen LogP contribution in [0.25, 0.3) is 0 Å². The summed E-state index contributed by atoms with van der Waals surface area (Å²) >= 11 is 0. The van der Waals surface area contributed by atoms with E-state index in [1.54, 1.807) is 0 Å². The van der Waals surface area contributed by atoms with E-state index in [-0.39, 0.29) is 0 Å². The Morgan fingerprint density at radius 1 is 1.14 bits per heavy atom. The topological polar surface area (TPSA) is 64.5 Å². The quantitative estimate of drug-likeness (QED) is 0.546. The maximum absolute atomic E-state index is 5.11. The number of aryl methyl sites for hydroxylation is 1. The number of nitrogens with zero attached hydrogens (tertiary/aromatic N) is 1. The van der Waals surface area contributed by atoms with Crippen LogP contribution in [0.1, 0.15) is 24.5 Å². The molecule has 78 valence electrons.